The molecule has 1 unspecified atom stereocenters. The van der Waals surface area contributed by atoms with E-state index in [4.69, 9.17) is 5.11 Å². The maximum atomic E-state index is 12.1. The maximum absolute atomic E-state index is 12.1. The van der Waals surface area contributed by atoms with Crippen molar-refractivity contribution in [3.05, 3.63) is 24.0 Å². The number of carbonyl (C=O) groups is 2. The van der Waals surface area contributed by atoms with Crippen LogP contribution in [0.15, 0.2) is 18.3 Å². The molecule has 1 aromatic rings. The third-order valence-corrected chi connectivity index (χ3v) is 3.30. The molecule has 0 aromatic carbocycles. The molecule has 0 saturated heterocycles. The predicted molar refractivity (Wildman–Crippen MR) is 66.3 cm³/mol. The van der Waals surface area contributed by atoms with Gasteiger partial charge in [0.1, 0.15) is 5.69 Å². The van der Waals surface area contributed by atoms with Crippen LogP contribution in [-0.2, 0) is 11.3 Å². The second kappa shape index (κ2) is 5.25. The van der Waals surface area contributed by atoms with Gasteiger partial charge in [-0.05, 0) is 37.8 Å². The molecule has 1 heterocycles. The summed E-state index contributed by atoms with van der Waals surface area (Å²) in [5.41, 5.74) is 0.591. The number of rotatable bonds is 6. The van der Waals surface area contributed by atoms with Crippen molar-refractivity contribution in [2.24, 2.45) is 5.92 Å². The first-order valence-corrected chi connectivity index (χ1v) is 6.29. The summed E-state index contributed by atoms with van der Waals surface area (Å²) in [6, 6.07) is 3.33. The molecular formula is C13H18N2O3. The number of hydrogen-bond acceptors (Lipinski definition) is 2. The summed E-state index contributed by atoms with van der Waals surface area (Å²) in [5.74, 6) is -0.715. The van der Waals surface area contributed by atoms with Crippen molar-refractivity contribution in [2.45, 2.75) is 38.8 Å². The van der Waals surface area contributed by atoms with Gasteiger partial charge in [-0.3, -0.25) is 9.59 Å². The van der Waals surface area contributed by atoms with Gasteiger partial charge in [0.15, 0.2) is 0 Å². The van der Waals surface area contributed by atoms with Crippen LogP contribution in [0.3, 0.4) is 0 Å². The Hall–Kier alpha value is -1.78. The van der Waals surface area contributed by atoms with Gasteiger partial charge in [-0.15, -0.1) is 0 Å². The predicted octanol–water partition coefficient (Wildman–Crippen LogP) is 1.49. The summed E-state index contributed by atoms with van der Waals surface area (Å²) in [6.45, 7) is 2.69. The third kappa shape index (κ3) is 2.91. The number of amides is 1. The number of carboxylic acids is 1. The van der Waals surface area contributed by atoms with E-state index in [2.05, 4.69) is 5.32 Å². The van der Waals surface area contributed by atoms with Gasteiger partial charge in [0.25, 0.3) is 5.91 Å². The minimum Gasteiger partial charge on any atom is -0.481 e. The van der Waals surface area contributed by atoms with Crippen molar-refractivity contribution in [1.29, 1.82) is 0 Å². The van der Waals surface area contributed by atoms with Crippen LogP contribution in [0.25, 0.3) is 0 Å². The fourth-order valence-electron chi connectivity index (χ4n) is 2.16. The lowest BCUT2D eigenvalue weighted by Crippen LogP contribution is -2.38. The molecule has 5 nitrogen and oxygen atoms in total. The molecule has 1 saturated carbocycles. The number of aryl methyl sites for hydroxylation is 1. The number of aliphatic carboxylic acids is 1. The van der Waals surface area contributed by atoms with Gasteiger partial charge in [0.2, 0.25) is 0 Å². The summed E-state index contributed by atoms with van der Waals surface area (Å²) in [7, 11) is 0. The molecule has 1 fully saturated rings. The minimum absolute atomic E-state index is 0.00321. The zero-order valence-corrected chi connectivity index (χ0v) is 10.4. The van der Waals surface area contributed by atoms with Crippen LogP contribution >= 0.6 is 0 Å². The minimum atomic E-state index is -0.863. The molecular weight excluding hydrogens is 232 g/mol. The summed E-state index contributed by atoms with van der Waals surface area (Å²) in [6.07, 6.45) is 3.86. The highest BCUT2D eigenvalue weighted by molar-refractivity contribution is 5.93. The van der Waals surface area contributed by atoms with Crippen LogP contribution in [-0.4, -0.2) is 27.6 Å². The third-order valence-electron chi connectivity index (χ3n) is 3.30. The summed E-state index contributed by atoms with van der Waals surface area (Å²) in [5, 5.41) is 11.7. The topological polar surface area (TPSA) is 71.3 Å². The standard InChI is InChI=1S/C13H18N2O3/c1-2-15-7-3-4-11(15)13(18)14-10(8-12(16)17)9-5-6-9/h3-4,7,9-10H,2,5-6,8H2,1H3,(H,14,18)(H,16,17). The number of carbonyl (C=O) groups excluding carboxylic acids is 1. The fraction of sp³-hybridized carbons (Fsp3) is 0.538. The van der Waals surface area contributed by atoms with Crippen LogP contribution < -0.4 is 5.32 Å². The van der Waals surface area contributed by atoms with E-state index in [1.165, 1.54) is 0 Å². The van der Waals surface area contributed by atoms with Gasteiger partial charge in [0.05, 0.1) is 6.42 Å². The molecule has 1 aromatic heterocycles. The van der Waals surface area contributed by atoms with E-state index in [0.29, 0.717) is 11.6 Å². The van der Waals surface area contributed by atoms with Crippen LogP contribution in [0, 0.1) is 5.92 Å². The Labute approximate surface area is 106 Å². The molecule has 18 heavy (non-hydrogen) atoms. The normalized spacial score (nSPS) is 16.3. The molecule has 1 aliphatic rings. The van der Waals surface area contributed by atoms with E-state index in [1.807, 2.05) is 23.8 Å². The smallest absolute Gasteiger partial charge is 0.305 e. The monoisotopic (exact) mass is 250 g/mol. The van der Waals surface area contributed by atoms with Crippen molar-refractivity contribution in [2.75, 3.05) is 0 Å². The molecule has 98 valence electrons. The highest BCUT2D eigenvalue weighted by atomic mass is 16.4. The fourth-order valence-corrected chi connectivity index (χ4v) is 2.16. The van der Waals surface area contributed by atoms with Gasteiger partial charge in [-0.1, -0.05) is 0 Å². The molecule has 2 N–H and O–H groups in total. The second-order valence-electron chi connectivity index (χ2n) is 4.69. The van der Waals surface area contributed by atoms with Gasteiger partial charge in [-0.25, -0.2) is 0 Å². The quantitative estimate of drug-likeness (QED) is 0.803. The Balaban J connectivity index is 2.02. The van der Waals surface area contributed by atoms with E-state index in [9.17, 15) is 9.59 Å². The zero-order chi connectivity index (χ0) is 13.1. The van der Waals surface area contributed by atoms with Crippen molar-refractivity contribution in [3.63, 3.8) is 0 Å². The van der Waals surface area contributed by atoms with Crippen LogP contribution in [0.5, 0.6) is 0 Å². The van der Waals surface area contributed by atoms with Crippen LogP contribution in [0.4, 0.5) is 0 Å². The first-order chi connectivity index (χ1) is 8.61. The summed E-state index contributed by atoms with van der Waals surface area (Å²) >= 11 is 0. The molecule has 2 rings (SSSR count). The lowest BCUT2D eigenvalue weighted by Gasteiger charge is -2.16. The van der Waals surface area contributed by atoms with E-state index < -0.39 is 5.97 Å². The molecule has 0 spiro atoms. The number of nitrogens with one attached hydrogen (secondary N) is 1. The van der Waals surface area contributed by atoms with Crippen molar-refractivity contribution in [1.82, 2.24) is 9.88 Å². The van der Waals surface area contributed by atoms with Crippen molar-refractivity contribution in [3.8, 4) is 0 Å². The van der Waals surface area contributed by atoms with Crippen molar-refractivity contribution >= 4 is 11.9 Å². The first kappa shape index (κ1) is 12.7. The lowest BCUT2D eigenvalue weighted by molar-refractivity contribution is -0.137. The number of hydrogen-bond donors (Lipinski definition) is 2. The average Bonchev–Trinajstić information content (AvgIpc) is 3.05. The van der Waals surface area contributed by atoms with E-state index in [-0.39, 0.29) is 18.4 Å². The molecule has 0 radical (unpaired) electrons. The van der Waals surface area contributed by atoms with Gasteiger partial charge in [-0.2, -0.15) is 0 Å². The number of carboxylic acid groups (broad SMARTS) is 1. The zero-order valence-electron chi connectivity index (χ0n) is 10.4. The SMILES string of the molecule is CCn1cccc1C(=O)NC(CC(=O)O)C1CC1. The molecule has 0 aliphatic heterocycles. The Morgan fingerprint density at radius 1 is 1.56 bits per heavy atom. The van der Waals surface area contributed by atoms with Gasteiger partial charge < -0.3 is 15.0 Å². The highest BCUT2D eigenvalue weighted by Crippen LogP contribution is 2.34. The van der Waals surface area contributed by atoms with Crippen LogP contribution in [0.2, 0.25) is 0 Å². The highest BCUT2D eigenvalue weighted by Gasteiger charge is 2.34. The van der Waals surface area contributed by atoms with Gasteiger partial charge >= 0.3 is 5.97 Å². The van der Waals surface area contributed by atoms with Crippen LogP contribution in [0.1, 0.15) is 36.7 Å². The lowest BCUT2D eigenvalue weighted by atomic mass is 10.1. The molecule has 1 atom stereocenters. The Morgan fingerprint density at radius 3 is 2.83 bits per heavy atom. The second-order valence-corrected chi connectivity index (χ2v) is 4.69. The average molecular weight is 250 g/mol. The Bertz CT molecular complexity index is 449. The number of aromatic nitrogens is 1. The molecule has 1 aliphatic carbocycles. The molecule has 5 heteroatoms. The number of nitrogens with zero attached hydrogens (tertiary/aromatic N) is 1. The van der Waals surface area contributed by atoms with Crippen molar-refractivity contribution < 1.29 is 14.7 Å². The summed E-state index contributed by atoms with van der Waals surface area (Å²) in [4.78, 5) is 22.9. The maximum Gasteiger partial charge on any atom is 0.305 e. The van der Waals surface area contributed by atoms with Gasteiger partial charge in [0, 0.05) is 18.8 Å². The first-order valence-electron chi connectivity index (χ1n) is 6.29. The summed E-state index contributed by atoms with van der Waals surface area (Å²) < 4.78 is 1.85. The van der Waals surface area contributed by atoms with E-state index >= 15 is 0 Å². The Morgan fingerprint density at radius 2 is 2.28 bits per heavy atom. The molecule has 1 amide bonds. The largest absolute Gasteiger partial charge is 0.481 e. The molecule has 0 bridgehead atoms. The van der Waals surface area contributed by atoms with E-state index in [0.717, 1.165) is 19.4 Å². The Kier molecular flexibility index (Phi) is 3.69. The van der Waals surface area contributed by atoms with E-state index in [1.54, 1.807) is 6.07 Å².